The van der Waals surface area contributed by atoms with Crippen molar-refractivity contribution >= 4 is 5.91 Å². The van der Waals surface area contributed by atoms with Crippen molar-refractivity contribution in [1.29, 1.82) is 0 Å². The van der Waals surface area contributed by atoms with Gasteiger partial charge in [0.15, 0.2) is 6.29 Å². The number of ether oxygens (including phenoxy) is 3. The number of aliphatic hydroxyl groups is 5. The van der Waals surface area contributed by atoms with Gasteiger partial charge in [-0.05, 0) is 71.8 Å². The van der Waals surface area contributed by atoms with E-state index in [9.17, 15) is 30.3 Å². The zero-order valence-electron chi connectivity index (χ0n) is 26.3. The van der Waals surface area contributed by atoms with Crippen LogP contribution < -0.4 is 38.5 Å². The number of hydrogen-bond donors (Lipinski definition) is 12. The highest BCUT2D eigenvalue weighted by Gasteiger charge is 2.53. The van der Waals surface area contributed by atoms with Crippen LogP contribution in [0.3, 0.4) is 0 Å². The van der Waals surface area contributed by atoms with Crippen LogP contribution in [0.5, 0.6) is 0 Å². The number of piperidine rings is 1. The van der Waals surface area contributed by atoms with Crippen LogP contribution in [0.4, 0.5) is 0 Å². The summed E-state index contributed by atoms with van der Waals surface area (Å²) in [5.74, 6) is -0.828. The monoisotopic (exact) mass is 645 g/mol. The van der Waals surface area contributed by atoms with Gasteiger partial charge in [-0.25, -0.2) is 0 Å². The molecule has 16 heteroatoms. The van der Waals surface area contributed by atoms with Gasteiger partial charge in [0.1, 0.15) is 35.8 Å². The van der Waals surface area contributed by atoms with E-state index in [1.54, 1.807) is 7.05 Å². The molecule has 4 aliphatic rings. The van der Waals surface area contributed by atoms with Gasteiger partial charge in [-0.1, -0.05) is 0 Å². The number of rotatable bonds is 12. The molecule has 1 aliphatic carbocycles. The van der Waals surface area contributed by atoms with Crippen molar-refractivity contribution in [1.82, 2.24) is 21.3 Å². The average molecular weight is 646 g/mol. The number of amides is 1. The SMILES string of the molecule is CN[C@@H]1[C@@H](O)[C@@H](O[C@H]2[C@H](NC(=O)[C@@H](O)CCN)C[C@H](N)C([C@H]3OC(CNCC4(O)CCNCC4)=CC[C@H]3N)[C@@H]2O)OC[C@]1(C)O. The largest absolute Gasteiger partial charge is 0.492 e. The molecule has 4 rings (SSSR count). The lowest BCUT2D eigenvalue weighted by Gasteiger charge is -2.50. The van der Waals surface area contributed by atoms with Crippen LogP contribution in [0.2, 0.25) is 0 Å². The van der Waals surface area contributed by atoms with E-state index in [4.69, 9.17) is 31.4 Å². The molecule has 0 radical (unpaired) electrons. The molecule has 0 aromatic heterocycles. The smallest absolute Gasteiger partial charge is 0.249 e. The minimum atomic E-state index is -1.40. The van der Waals surface area contributed by atoms with Gasteiger partial charge in [-0.2, -0.15) is 0 Å². The maximum atomic E-state index is 12.8. The molecule has 15 N–H and O–H groups in total. The lowest BCUT2D eigenvalue weighted by Crippen LogP contribution is -2.69. The van der Waals surface area contributed by atoms with Gasteiger partial charge in [-0.3, -0.25) is 4.79 Å². The molecule has 1 saturated carbocycles. The normalized spacial score (nSPS) is 41.1. The van der Waals surface area contributed by atoms with Crippen molar-refractivity contribution in [3.05, 3.63) is 11.8 Å². The molecule has 2 saturated heterocycles. The summed E-state index contributed by atoms with van der Waals surface area (Å²) in [5, 5.41) is 66.8. The first kappa shape index (κ1) is 36.3. The molecule has 12 atom stereocenters. The quantitative estimate of drug-likeness (QED) is 0.0947. The highest BCUT2D eigenvalue weighted by molar-refractivity contribution is 5.80. The van der Waals surface area contributed by atoms with Gasteiger partial charge >= 0.3 is 0 Å². The summed E-state index contributed by atoms with van der Waals surface area (Å²) in [4.78, 5) is 12.8. The van der Waals surface area contributed by atoms with Crippen molar-refractivity contribution in [2.75, 3.05) is 46.4 Å². The Morgan fingerprint density at radius 1 is 1.20 bits per heavy atom. The first-order chi connectivity index (χ1) is 21.3. The number of carbonyl (C=O) groups is 1. The molecule has 1 unspecified atom stereocenters. The fourth-order valence-corrected chi connectivity index (χ4v) is 7.01. The summed E-state index contributed by atoms with van der Waals surface area (Å²) in [6.45, 7) is 3.70. The zero-order valence-corrected chi connectivity index (χ0v) is 26.3. The summed E-state index contributed by atoms with van der Waals surface area (Å²) in [5.41, 5.74) is 16.5. The summed E-state index contributed by atoms with van der Waals surface area (Å²) in [6.07, 6.45) is -3.38. The molecule has 0 aromatic rings. The molecule has 260 valence electrons. The van der Waals surface area contributed by atoms with Gasteiger partial charge in [0.2, 0.25) is 5.91 Å². The van der Waals surface area contributed by atoms with Gasteiger partial charge in [-0.15, -0.1) is 0 Å². The number of carbonyl (C=O) groups excluding carboxylic acids is 1. The van der Waals surface area contributed by atoms with Gasteiger partial charge < -0.3 is 78.2 Å². The Labute approximate surface area is 264 Å². The Kier molecular flexibility index (Phi) is 12.6. The van der Waals surface area contributed by atoms with E-state index in [0.29, 0.717) is 38.1 Å². The third-order valence-corrected chi connectivity index (χ3v) is 9.64. The molecule has 3 fully saturated rings. The third kappa shape index (κ3) is 8.70. The van der Waals surface area contributed by atoms with Crippen molar-refractivity contribution in [2.45, 2.75) is 111 Å². The Morgan fingerprint density at radius 3 is 2.58 bits per heavy atom. The highest BCUT2D eigenvalue weighted by Crippen LogP contribution is 2.36. The molecule has 0 spiro atoms. The van der Waals surface area contributed by atoms with Crippen molar-refractivity contribution in [2.24, 2.45) is 23.1 Å². The van der Waals surface area contributed by atoms with E-state index in [1.807, 2.05) is 6.08 Å². The Hall–Kier alpha value is -1.51. The molecule has 0 aromatic carbocycles. The number of nitrogens with one attached hydrogen (secondary N) is 4. The summed E-state index contributed by atoms with van der Waals surface area (Å²) in [6, 6.07) is -2.89. The van der Waals surface area contributed by atoms with E-state index < -0.39 is 84.0 Å². The predicted molar refractivity (Wildman–Crippen MR) is 163 cm³/mol. The van der Waals surface area contributed by atoms with Crippen LogP contribution >= 0.6 is 0 Å². The summed E-state index contributed by atoms with van der Waals surface area (Å²) in [7, 11) is 1.59. The topological polar surface area (TPSA) is 272 Å². The summed E-state index contributed by atoms with van der Waals surface area (Å²) < 4.78 is 18.2. The van der Waals surface area contributed by atoms with Crippen LogP contribution in [0, 0.1) is 5.92 Å². The zero-order chi connectivity index (χ0) is 32.9. The predicted octanol–water partition coefficient (Wildman–Crippen LogP) is -4.97. The van der Waals surface area contributed by atoms with E-state index in [0.717, 1.165) is 13.1 Å². The first-order valence-corrected chi connectivity index (χ1v) is 16.0. The molecular formula is C29H55N7O9. The number of likely N-dealkylation sites (N-methyl/N-ethyl adjacent to an activating group) is 1. The minimum Gasteiger partial charge on any atom is -0.492 e. The van der Waals surface area contributed by atoms with Crippen molar-refractivity contribution in [3.8, 4) is 0 Å². The molecule has 16 nitrogen and oxygen atoms in total. The Bertz CT molecular complexity index is 1000. The first-order valence-electron chi connectivity index (χ1n) is 16.0. The average Bonchev–Trinajstić information content (AvgIpc) is 2.98. The minimum absolute atomic E-state index is 0.0346. The van der Waals surface area contributed by atoms with E-state index in [1.165, 1.54) is 6.92 Å². The number of hydrogen-bond acceptors (Lipinski definition) is 15. The second-order valence-corrected chi connectivity index (χ2v) is 13.3. The van der Waals surface area contributed by atoms with Crippen molar-refractivity contribution in [3.63, 3.8) is 0 Å². The summed E-state index contributed by atoms with van der Waals surface area (Å²) >= 11 is 0. The van der Waals surface area contributed by atoms with Crippen molar-refractivity contribution < 1.29 is 44.5 Å². The lowest BCUT2D eigenvalue weighted by molar-refractivity contribution is -0.297. The number of nitrogens with two attached hydrogens (primary N) is 3. The maximum Gasteiger partial charge on any atom is 0.249 e. The Balaban J connectivity index is 1.50. The standard InChI is InChI=1S/C29H55N7O9/c1-28(41)14-43-27(22(39)25(28)33-2)45-24-18(36-26(40)19(37)5-8-30)11-17(32)20(21(24)38)23-16(31)4-3-15(44-23)12-35-13-29(42)6-9-34-10-7-29/h3,16-25,27,33-35,37-39,41-42H,4-14,30-32H2,1-2H3,(H,36,40)/t16-,17+,18-,19+,20?,21+,22-,23+,24+,25-,27-,28+/m1/s1. The van der Waals surface area contributed by atoms with Crippen LogP contribution in [0.25, 0.3) is 0 Å². The van der Waals surface area contributed by atoms with Gasteiger partial charge in [0.25, 0.3) is 0 Å². The van der Waals surface area contributed by atoms with E-state index >= 15 is 0 Å². The van der Waals surface area contributed by atoms with Crippen LogP contribution in [-0.2, 0) is 19.0 Å². The van der Waals surface area contributed by atoms with Gasteiger partial charge in [0.05, 0.1) is 36.9 Å². The molecule has 0 bridgehead atoms. The lowest BCUT2D eigenvalue weighted by atomic mass is 9.72. The number of aliphatic hydroxyl groups excluding tert-OH is 3. The van der Waals surface area contributed by atoms with Gasteiger partial charge in [0, 0.05) is 24.5 Å². The molecule has 1 amide bonds. The van der Waals surface area contributed by atoms with Crippen LogP contribution in [0.15, 0.2) is 11.8 Å². The molecule has 45 heavy (non-hydrogen) atoms. The van der Waals surface area contributed by atoms with E-state index in [-0.39, 0.29) is 26.0 Å². The molecule has 3 aliphatic heterocycles. The van der Waals surface area contributed by atoms with Crippen LogP contribution in [0.1, 0.15) is 39.0 Å². The highest BCUT2D eigenvalue weighted by atomic mass is 16.7. The fraction of sp³-hybridized carbons (Fsp3) is 0.897. The third-order valence-electron chi connectivity index (χ3n) is 9.64. The Morgan fingerprint density at radius 2 is 1.91 bits per heavy atom. The van der Waals surface area contributed by atoms with Crippen LogP contribution in [-0.4, -0.2) is 150 Å². The van der Waals surface area contributed by atoms with E-state index in [2.05, 4.69) is 21.3 Å². The second-order valence-electron chi connectivity index (χ2n) is 13.3. The molecule has 3 heterocycles. The molecular weight excluding hydrogens is 590 g/mol. The maximum absolute atomic E-state index is 12.8. The second kappa shape index (κ2) is 15.6. The fourth-order valence-electron chi connectivity index (χ4n) is 7.01.